The highest BCUT2D eigenvalue weighted by Crippen LogP contribution is 2.46. The number of rotatable bonds is 3. The Balaban J connectivity index is 2.35. The molecule has 0 spiro atoms. The number of amides is 1. The van der Waals surface area contributed by atoms with Crippen molar-refractivity contribution in [2.24, 2.45) is 5.41 Å². The lowest BCUT2D eigenvalue weighted by molar-refractivity contribution is -0.167. The summed E-state index contributed by atoms with van der Waals surface area (Å²) in [5.41, 5.74) is -1.23. The second kappa shape index (κ2) is 4.63. The quantitative estimate of drug-likeness (QED) is 0.680. The number of methoxy groups -OCH3 is 1. The zero-order valence-corrected chi connectivity index (χ0v) is 12.4. The number of carbonyl (C=O) groups excluding carboxylic acids is 1. The normalized spacial score (nSPS) is 26.1. The monoisotopic (exact) mass is 275 g/mol. The largest absolute Gasteiger partial charge is 0.497 e. The zero-order chi connectivity index (χ0) is 15.1. The fourth-order valence-electron chi connectivity index (χ4n) is 2.62. The molecule has 1 amide bonds. The number of aliphatic hydroxyl groups is 1. The highest BCUT2D eigenvalue weighted by atomic mass is 16.5. The number of β-lactam (4-membered cyclic amide) rings is 1. The number of ether oxygens (including phenoxy) is 1. The standard InChI is InChI=1S/C16H21NO3/c1-6-13-16(19,15(2,3)4)14(18)17(13)11-7-9-12(20-5)10-8-11/h6-10,13,19H,1H2,2-5H3. The first-order valence-corrected chi connectivity index (χ1v) is 6.60. The number of nitrogens with zero attached hydrogens (tertiary/aromatic N) is 1. The minimum absolute atomic E-state index is 0.292. The Labute approximate surface area is 119 Å². The van der Waals surface area contributed by atoms with Gasteiger partial charge in [-0.05, 0) is 24.3 Å². The van der Waals surface area contributed by atoms with E-state index in [-0.39, 0.29) is 5.91 Å². The number of carbonyl (C=O) groups is 1. The van der Waals surface area contributed by atoms with Crippen molar-refractivity contribution in [1.82, 2.24) is 0 Å². The molecule has 2 rings (SSSR count). The van der Waals surface area contributed by atoms with Crippen molar-refractivity contribution in [3.8, 4) is 5.75 Å². The summed E-state index contributed by atoms with van der Waals surface area (Å²) in [7, 11) is 1.59. The average molecular weight is 275 g/mol. The Morgan fingerprint density at radius 2 is 1.90 bits per heavy atom. The van der Waals surface area contributed by atoms with Gasteiger partial charge in [-0.1, -0.05) is 26.8 Å². The van der Waals surface area contributed by atoms with Crippen LogP contribution in [0.25, 0.3) is 0 Å². The van der Waals surface area contributed by atoms with E-state index in [1.54, 1.807) is 42.4 Å². The molecule has 1 aliphatic heterocycles. The Morgan fingerprint density at radius 1 is 1.35 bits per heavy atom. The Kier molecular flexibility index (Phi) is 3.38. The molecule has 1 saturated heterocycles. The van der Waals surface area contributed by atoms with Gasteiger partial charge in [-0.15, -0.1) is 6.58 Å². The molecule has 2 unspecified atom stereocenters. The minimum atomic E-state index is -1.41. The third kappa shape index (κ3) is 1.83. The van der Waals surface area contributed by atoms with Gasteiger partial charge in [-0.2, -0.15) is 0 Å². The maximum atomic E-state index is 12.5. The smallest absolute Gasteiger partial charge is 0.262 e. The molecule has 0 bridgehead atoms. The predicted octanol–water partition coefficient (Wildman–Crippen LogP) is 2.37. The SMILES string of the molecule is C=CC1N(c2ccc(OC)cc2)C(=O)C1(O)C(C)(C)C. The zero-order valence-electron chi connectivity index (χ0n) is 12.4. The van der Waals surface area contributed by atoms with Crippen molar-refractivity contribution in [3.05, 3.63) is 36.9 Å². The topological polar surface area (TPSA) is 49.8 Å². The maximum Gasteiger partial charge on any atom is 0.262 e. The van der Waals surface area contributed by atoms with Crippen LogP contribution in [0.2, 0.25) is 0 Å². The van der Waals surface area contributed by atoms with E-state index in [1.165, 1.54) is 0 Å². The van der Waals surface area contributed by atoms with Crippen molar-refractivity contribution in [2.45, 2.75) is 32.4 Å². The first-order valence-electron chi connectivity index (χ1n) is 6.60. The molecule has 1 fully saturated rings. The molecule has 0 aliphatic carbocycles. The van der Waals surface area contributed by atoms with E-state index in [9.17, 15) is 9.90 Å². The number of hydrogen-bond acceptors (Lipinski definition) is 3. The molecule has 108 valence electrons. The first-order chi connectivity index (χ1) is 9.27. The van der Waals surface area contributed by atoms with Gasteiger partial charge in [0.2, 0.25) is 0 Å². The molecule has 1 N–H and O–H groups in total. The Morgan fingerprint density at radius 3 is 2.30 bits per heavy atom. The van der Waals surface area contributed by atoms with Gasteiger partial charge in [-0.3, -0.25) is 9.69 Å². The third-order valence-electron chi connectivity index (χ3n) is 3.97. The molecule has 20 heavy (non-hydrogen) atoms. The summed E-state index contributed by atoms with van der Waals surface area (Å²) < 4.78 is 5.10. The van der Waals surface area contributed by atoms with Crippen LogP contribution in [-0.2, 0) is 4.79 Å². The van der Waals surface area contributed by atoms with E-state index in [0.29, 0.717) is 0 Å². The second-order valence-corrected chi connectivity index (χ2v) is 6.07. The summed E-state index contributed by atoms with van der Waals surface area (Å²) in [6, 6.07) is 6.75. The Hall–Kier alpha value is -1.81. The molecular weight excluding hydrogens is 254 g/mol. The number of benzene rings is 1. The molecule has 2 atom stereocenters. The van der Waals surface area contributed by atoms with Crippen LogP contribution in [0.15, 0.2) is 36.9 Å². The van der Waals surface area contributed by atoms with Crippen molar-refractivity contribution in [3.63, 3.8) is 0 Å². The van der Waals surface area contributed by atoms with Crippen LogP contribution in [0.1, 0.15) is 20.8 Å². The lowest BCUT2D eigenvalue weighted by Gasteiger charge is -2.57. The molecule has 1 heterocycles. The summed E-state index contributed by atoms with van der Waals surface area (Å²) in [5, 5.41) is 10.7. The highest BCUT2D eigenvalue weighted by molar-refractivity contribution is 6.09. The van der Waals surface area contributed by atoms with Crippen LogP contribution in [0, 0.1) is 5.41 Å². The highest BCUT2D eigenvalue weighted by Gasteiger charge is 2.64. The summed E-state index contributed by atoms with van der Waals surface area (Å²) in [4.78, 5) is 14.0. The number of hydrogen-bond donors (Lipinski definition) is 1. The van der Waals surface area contributed by atoms with Crippen LogP contribution >= 0.6 is 0 Å². The lowest BCUT2D eigenvalue weighted by atomic mass is 9.65. The molecular formula is C16H21NO3. The van der Waals surface area contributed by atoms with Gasteiger partial charge < -0.3 is 9.84 Å². The molecule has 1 aliphatic rings. The van der Waals surface area contributed by atoms with Gasteiger partial charge >= 0.3 is 0 Å². The van der Waals surface area contributed by atoms with Crippen LogP contribution in [0.5, 0.6) is 5.75 Å². The van der Waals surface area contributed by atoms with E-state index in [1.807, 2.05) is 20.8 Å². The Bertz CT molecular complexity index is 530. The first kappa shape index (κ1) is 14.6. The fourth-order valence-corrected chi connectivity index (χ4v) is 2.62. The lowest BCUT2D eigenvalue weighted by Crippen LogP contribution is -2.78. The van der Waals surface area contributed by atoms with Crippen molar-refractivity contribution >= 4 is 11.6 Å². The van der Waals surface area contributed by atoms with E-state index in [2.05, 4.69) is 6.58 Å². The molecule has 0 aromatic heterocycles. The van der Waals surface area contributed by atoms with Crippen molar-refractivity contribution in [1.29, 1.82) is 0 Å². The van der Waals surface area contributed by atoms with Crippen LogP contribution in [0.3, 0.4) is 0 Å². The van der Waals surface area contributed by atoms with E-state index < -0.39 is 17.1 Å². The molecule has 0 saturated carbocycles. The average Bonchev–Trinajstić information content (AvgIpc) is 2.42. The van der Waals surface area contributed by atoms with Crippen molar-refractivity contribution in [2.75, 3.05) is 12.0 Å². The molecule has 4 nitrogen and oxygen atoms in total. The van der Waals surface area contributed by atoms with Gasteiger partial charge in [0, 0.05) is 11.1 Å². The van der Waals surface area contributed by atoms with Gasteiger partial charge in [0.1, 0.15) is 5.75 Å². The third-order valence-corrected chi connectivity index (χ3v) is 3.97. The van der Waals surface area contributed by atoms with Crippen LogP contribution in [-0.4, -0.2) is 29.8 Å². The predicted molar refractivity (Wildman–Crippen MR) is 78.9 cm³/mol. The van der Waals surface area contributed by atoms with Crippen molar-refractivity contribution < 1.29 is 14.6 Å². The van der Waals surface area contributed by atoms with Gasteiger partial charge in [0.05, 0.1) is 13.2 Å². The number of anilines is 1. The molecule has 1 aromatic carbocycles. The van der Waals surface area contributed by atoms with E-state index in [0.717, 1.165) is 11.4 Å². The van der Waals surface area contributed by atoms with Gasteiger partial charge in [0.15, 0.2) is 5.60 Å². The fraction of sp³-hybridized carbons (Fsp3) is 0.438. The molecule has 0 radical (unpaired) electrons. The molecule has 4 heteroatoms. The van der Waals surface area contributed by atoms with Gasteiger partial charge in [0.25, 0.3) is 5.91 Å². The van der Waals surface area contributed by atoms with Crippen LogP contribution < -0.4 is 9.64 Å². The van der Waals surface area contributed by atoms with E-state index >= 15 is 0 Å². The summed E-state index contributed by atoms with van der Waals surface area (Å²) in [6.07, 6.45) is 1.62. The minimum Gasteiger partial charge on any atom is -0.497 e. The summed E-state index contributed by atoms with van der Waals surface area (Å²) in [5.74, 6) is 0.433. The summed E-state index contributed by atoms with van der Waals surface area (Å²) >= 11 is 0. The van der Waals surface area contributed by atoms with E-state index in [4.69, 9.17) is 4.74 Å². The molecule has 1 aromatic rings. The summed E-state index contributed by atoms with van der Waals surface area (Å²) in [6.45, 7) is 9.32. The van der Waals surface area contributed by atoms with Crippen LogP contribution in [0.4, 0.5) is 5.69 Å². The van der Waals surface area contributed by atoms with Gasteiger partial charge in [-0.25, -0.2) is 0 Å². The maximum absolute atomic E-state index is 12.5. The second-order valence-electron chi connectivity index (χ2n) is 6.07.